The molecule has 1 rings (SSSR count). The van der Waals surface area contributed by atoms with Crippen molar-refractivity contribution in [2.75, 3.05) is 19.8 Å². The van der Waals surface area contributed by atoms with Gasteiger partial charge in [0.2, 0.25) is 0 Å². The van der Waals surface area contributed by atoms with Gasteiger partial charge in [-0.25, -0.2) is 0 Å². The van der Waals surface area contributed by atoms with E-state index in [1.807, 2.05) is 0 Å². The average Bonchev–Trinajstić information content (AvgIpc) is 2.75. The standard InChI is InChI=1S/C12H25NO2/c1-10(9-14)11(2)13-7-3-5-12-6-4-8-15-12/h10-14H,3-9H2,1-2H3. The largest absolute Gasteiger partial charge is 0.396 e. The van der Waals surface area contributed by atoms with Gasteiger partial charge in [-0.15, -0.1) is 0 Å². The fourth-order valence-corrected chi connectivity index (χ4v) is 1.89. The molecule has 0 aromatic heterocycles. The Morgan fingerprint density at radius 2 is 2.27 bits per heavy atom. The molecule has 3 nitrogen and oxygen atoms in total. The number of aliphatic hydroxyl groups excluding tert-OH is 1. The molecule has 1 aliphatic rings. The van der Waals surface area contributed by atoms with Crippen molar-refractivity contribution in [3.05, 3.63) is 0 Å². The molecular formula is C12H25NO2. The van der Waals surface area contributed by atoms with Crippen LogP contribution in [0.25, 0.3) is 0 Å². The van der Waals surface area contributed by atoms with Crippen LogP contribution in [0.1, 0.15) is 39.5 Å². The Hall–Kier alpha value is -0.120. The van der Waals surface area contributed by atoms with E-state index in [4.69, 9.17) is 9.84 Å². The maximum Gasteiger partial charge on any atom is 0.0576 e. The number of hydrogen-bond donors (Lipinski definition) is 2. The molecule has 0 saturated carbocycles. The number of aliphatic hydroxyl groups is 1. The van der Waals surface area contributed by atoms with Gasteiger partial charge in [0.1, 0.15) is 0 Å². The van der Waals surface area contributed by atoms with Crippen LogP contribution >= 0.6 is 0 Å². The molecule has 0 aliphatic carbocycles. The van der Waals surface area contributed by atoms with Crippen LogP contribution in [0.15, 0.2) is 0 Å². The number of hydrogen-bond acceptors (Lipinski definition) is 3. The highest BCUT2D eigenvalue weighted by Crippen LogP contribution is 2.16. The smallest absolute Gasteiger partial charge is 0.0576 e. The molecule has 3 heteroatoms. The van der Waals surface area contributed by atoms with Gasteiger partial charge in [-0.1, -0.05) is 6.92 Å². The molecule has 90 valence electrons. The molecular weight excluding hydrogens is 190 g/mol. The van der Waals surface area contributed by atoms with Crippen LogP contribution in [-0.4, -0.2) is 37.0 Å². The van der Waals surface area contributed by atoms with E-state index in [9.17, 15) is 0 Å². The summed E-state index contributed by atoms with van der Waals surface area (Å²) in [6.07, 6.45) is 5.33. The van der Waals surface area contributed by atoms with Crippen molar-refractivity contribution in [2.45, 2.75) is 51.7 Å². The van der Waals surface area contributed by atoms with Gasteiger partial charge in [-0.2, -0.15) is 0 Å². The van der Waals surface area contributed by atoms with E-state index >= 15 is 0 Å². The third kappa shape index (κ3) is 4.96. The molecule has 1 saturated heterocycles. The molecule has 15 heavy (non-hydrogen) atoms. The lowest BCUT2D eigenvalue weighted by atomic mass is 10.0. The van der Waals surface area contributed by atoms with E-state index in [1.165, 1.54) is 25.7 Å². The van der Waals surface area contributed by atoms with Crippen molar-refractivity contribution in [3.8, 4) is 0 Å². The molecule has 0 bridgehead atoms. The van der Waals surface area contributed by atoms with Gasteiger partial charge in [0.05, 0.1) is 6.10 Å². The fourth-order valence-electron chi connectivity index (χ4n) is 1.89. The Bertz CT molecular complexity index is 158. The lowest BCUT2D eigenvalue weighted by molar-refractivity contribution is 0.102. The molecule has 0 aromatic carbocycles. The van der Waals surface area contributed by atoms with E-state index in [-0.39, 0.29) is 6.61 Å². The zero-order chi connectivity index (χ0) is 11.1. The van der Waals surface area contributed by atoms with Crippen LogP contribution in [0.3, 0.4) is 0 Å². The molecule has 0 amide bonds. The molecule has 3 atom stereocenters. The molecule has 0 spiro atoms. The van der Waals surface area contributed by atoms with Gasteiger partial charge < -0.3 is 15.2 Å². The topological polar surface area (TPSA) is 41.5 Å². The molecule has 3 unspecified atom stereocenters. The number of ether oxygens (including phenoxy) is 1. The van der Waals surface area contributed by atoms with Crippen molar-refractivity contribution >= 4 is 0 Å². The third-order valence-electron chi connectivity index (χ3n) is 3.33. The van der Waals surface area contributed by atoms with Crippen molar-refractivity contribution in [1.29, 1.82) is 0 Å². The minimum absolute atomic E-state index is 0.264. The summed E-state index contributed by atoms with van der Waals surface area (Å²) in [6, 6.07) is 0.402. The first-order valence-electron chi connectivity index (χ1n) is 6.20. The summed E-state index contributed by atoms with van der Waals surface area (Å²) in [5.41, 5.74) is 0. The van der Waals surface area contributed by atoms with Crippen LogP contribution in [0.5, 0.6) is 0 Å². The quantitative estimate of drug-likeness (QED) is 0.633. The SMILES string of the molecule is CC(CO)C(C)NCCCC1CCCO1. The second-order valence-corrected chi connectivity index (χ2v) is 4.68. The maximum absolute atomic E-state index is 8.97. The van der Waals surface area contributed by atoms with Crippen molar-refractivity contribution in [1.82, 2.24) is 5.32 Å². The van der Waals surface area contributed by atoms with E-state index in [0.29, 0.717) is 18.1 Å². The van der Waals surface area contributed by atoms with Gasteiger partial charge in [0.15, 0.2) is 0 Å². The maximum atomic E-state index is 8.97. The molecule has 1 aliphatic heterocycles. The Kier molecular flexibility index (Phi) is 6.22. The average molecular weight is 215 g/mol. The van der Waals surface area contributed by atoms with E-state index in [0.717, 1.165) is 13.2 Å². The molecule has 0 radical (unpaired) electrons. The second kappa shape index (κ2) is 7.20. The van der Waals surface area contributed by atoms with Gasteiger partial charge in [0.25, 0.3) is 0 Å². The van der Waals surface area contributed by atoms with E-state index < -0.39 is 0 Å². The Morgan fingerprint density at radius 3 is 2.87 bits per heavy atom. The Labute approximate surface area is 93.2 Å². The first kappa shape index (κ1) is 12.9. The first-order chi connectivity index (χ1) is 7.24. The molecule has 1 heterocycles. The third-order valence-corrected chi connectivity index (χ3v) is 3.33. The van der Waals surface area contributed by atoms with Crippen molar-refractivity contribution in [2.24, 2.45) is 5.92 Å². The summed E-state index contributed by atoms with van der Waals surface area (Å²) in [4.78, 5) is 0. The predicted octanol–water partition coefficient (Wildman–Crippen LogP) is 1.55. The Balaban J connectivity index is 1.96. The summed E-state index contributed by atoms with van der Waals surface area (Å²) >= 11 is 0. The van der Waals surface area contributed by atoms with Crippen LogP contribution < -0.4 is 5.32 Å². The highest BCUT2D eigenvalue weighted by Gasteiger charge is 2.15. The summed E-state index contributed by atoms with van der Waals surface area (Å²) in [5.74, 6) is 0.340. The number of rotatable bonds is 7. The molecule has 0 aromatic rings. The van der Waals surface area contributed by atoms with Gasteiger partial charge in [0, 0.05) is 19.3 Å². The minimum Gasteiger partial charge on any atom is -0.396 e. The van der Waals surface area contributed by atoms with Crippen LogP contribution in [0, 0.1) is 5.92 Å². The van der Waals surface area contributed by atoms with E-state index in [1.54, 1.807) is 0 Å². The zero-order valence-electron chi connectivity index (χ0n) is 10.0. The normalized spacial score (nSPS) is 25.4. The monoisotopic (exact) mass is 215 g/mol. The van der Waals surface area contributed by atoms with Gasteiger partial charge >= 0.3 is 0 Å². The number of nitrogens with one attached hydrogen (secondary N) is 1. The highest BCUT2D eigenvalue weighted by atomic mass is 16.5. The van der Waals surface area contributed by atoms with Crippen LogP contribution in [0.2, 0.25) is 0 Å². The van der Waals surface area contributed by atoms with Gasteiger partial charge in [-0.3, -0.25) is 0 Å². The minimum atomic E-state index is 0.264. The van der Waals surface area contributed by atoms with Crippen molar-refractivity contribution in [3.63, 3.8) is 0 Å². The lowest BCUT2D eigenvalue weighted by Gasteiger charge is -2.19. The molecule has 1 fully saturated rings. The zero-order valence-corrected chi connectivity index (χ0v) is 10.0. The van der Waals surface area contributed by atoms with Crippen LogP contribution in [0.4, 0.5) is 0 Å². The lowest BCUT2D eigenvalue weighted by Crippen LogP contribution is -2.34. The fraction of sp³-hybridized carbons (Fsp3) is 1.00. The molecule has 2 N–H and O–H groups in total. The summed E-state index contributed by atoms with van der Waals surface area (Å²) in [6.45, 7) is 6.45. The summed E-state index contributed by atoms with van der Waals surface area (Å²) < 4.78 is 5.56. The highest BCUT2D eigenvalue weighted by molar-refractivity contribution is 4.69. The predicted molar refractivity (Wildman–Crippen MR) is 61.9 cm³/mol. The summed E-state index contributed by atoms with van der Waals surface area (Å²) in [5, 5.41) is 12.4. The van der Waals surface area contributed by atoms with Crippen LogP contribution in [-0.2, 0) is 4.74 Å². The Morgan fingerprint density at radius 1 is 1.47 bits per heavy atom. The first-order valence-corrected chi connectivity index (χ1v) is 6.20. The van der Waals surface area contributed by atoms with E-state index in [2.05, 4.69) is 19.2 Å². The van der Waals surface area contributed by atoms with Crippen molar-refractivity contribution < 1.29 is 9.84 Å². The van der Waals surface area contributed by atoms with Gasteiger partial charge in [-0.05, 0) is 45.1 Å². The summed E-state index contributed by atoms with van der Waals surface area (Å²) in [7, 11) is 0. The second-order valence-electron chi connectivity index (χ2n) is 4.68.